The van der Waals surface area contributed by atoms with Gasteiger partial charge in [-0.25, -0.2) is 4.39 Å². The zero-order valence-electron chi connectivity index (χ0n) is 11.0. The van der Waals surface area contributed by atoms with Crippen molar-refractivity contribution in [3.63, 3.8) is 0 Å². The Morgan fingerprint density at radius 1 is 1.25 bits per heavy atom. The van der Waals surface area contributed by atoms with Gasteiger partial charge in [0.25, 0.3) is 5.91 Å². The molecule has 3 nitrogen and oxygen atoms in total. The van der Waals surface area contributed by atoms with E-state index in [1.807, 2.05) is 0 Å². The first-order chi connectivity index (χ1) is 9.60. The molecule has 2 aromatic carbocycles. The lowest BCUT2D eigenvalue weighted by Gasteiger charge is -2.08. The van der Waals surface area contributed by atoms with Gasteiger partial charge in [-0.3, -0.25) is 4.79 Å². The Bertz CT molecular complexity index is 672. The van der Waals surface area contributed by atoms with Crippen LogP contribution in [0.5, 0.6) is 0 Å². The van der Waals surface area contributed by atoms with Gasteiger partial charge in [0.2, 0.25) is 0 Å². The molecule has 0 fully saturated rings. The van der Waals surface area contributed by atoms with Crippen molar-refractivity contribution in [2.45, 2.75) is 13.3 Å². The SMILES string of the molecule is Cc1ccc(F)cc1C(=O)Nc1ccc(CC#N)cc1. The van der Waals surface area contributed by atoms with Crippen LogP contribution >= 0.6 is 0 Å². The largest absolute Gasteiger partial charge is 0.322 e. The van der Waals surface area contributed by atoms with E-state index in [-0.39, 0.29) is 5.91 Å². The van der Waals surface area contributed by atoms with Gasteiger partial charge in [0.15, 0.2) is 0 Å². The smallest absolute Gasteiger partial charge is 0.256 e. The van der Waals surface area contributed by atoms with Gasteiger partial charge in [-0.15, -0.1) is 0 Å². The predicted octanol–water partition coefficient (Wildman–Crippen LogP) is 3.45. The fraction of sp³-hybridized carbons (Fsp3) is 0.125. The van der Waals surface area contributed by atoms with Crippen LogP contribution in [0.25, 0.3) is 0 Å². The molecule has 0 spiro atoms. The lowest BCUT2D eigenvalue weighted by molar-refractivity contribution is 0.102. The highest BCUT2D eigenvalue weighted by Crippen LogP contribution is 2.15. The molecule has 2 aromatic rings. The number of nitrogens with zero attached hydrogens (tertiary/aromatic N) is 1. The summed E-state index contributed by atoms with van der Waals surface area (Å²) in [6.45, 7) is 1.75. The zero-order valence-corrected chi connectivity index (χ0v) is 11.0. The van der Waals surface area contributed by atoms with Crippen molar-refractivity contribution >= 4 is 11.6 Å². The topological polar surface area (TPSA) is 52.9 Å². The van der Waals surface area contributed by atoms with Crippen LogP contribution in [-0.2, 0) is 6.42 Å². The van der Waals surface area contributed by atoms with E-state index in [4.69, 9.17) is 5.26 Å². The second kappa shape index (κ2) is 5.98. The molecule has 0 atom stereocenters. The number of hydrogen-bond acceptors (Lipinski definition) is 2. The Kier molecular flexibility index (Phi) is 4.11. The maximum atomic E-state index is 13.2. The molecule has 1 amide bonds. The third kappa shape index (κ3) is 3.21. The van der Waals surface area contributed by atoms with Gasteiger partial charge < -0.3 is 5.32 Å². The molecule has 0 aliphatic carbocycles. The molecule has 1 N–H and O–H groups in total. The van der Waals surface area contributed by atoms with Gasteiger partial charge in [-0.2, -0.15) is 5.26 Å². The molecule has 0 bridgehead atoms. The minimum absolute atomic E-state index is 0.311. The van der Waals surface area contributed by atoms with Crippen LogP contribution in [0, 0.1) is 24.1 Å². The molecule has 4 heteroatoms. The van der Waals surface area contributed by atoms with Gasteiger partial charge in [0.1, 0.15) is 5.82 Å². The number of aryl methyl sites for hydroxylation is 1. The summed E-state index contributed by atoms with van der Waals surface area (Å²) >= 11 is 0. The number of amides is 1. The number of nitrogens with one attached hydrogen (secondary N) is 1. The van der Waals surface area contributed by atoms with Crippen LogP contribution in [0.2, 0.25) is 0 Å². The molecule has 0 radical (unpaired) electrons. The van der Waals surface area contributed by atoms with Crippen molar-refractivity contribution in [1.82, 2.24) is 0 Å². The average Bonchev–Trinajstić information content (AvgIpc) is 2.44. The first kappa shape index (κ1) is 13.8. The quantitative estimate of drug-likeness (QED) is 0.926. The number of halogens is 1. The summed E-state index contributed by atoms with van der Waals surface area (Å²) in [5.74, 6) is -0.792. The standard InChI is InChI=1S/C16H13FN2O/c1-11-2-5-13(17)10-15(11)16(20)19-14-6-3-12(4-7-14)8-9-18/h2-7,10H,8H2,1H3,(H,19,20). The molecule has 0 aromatic heterocycles. The van der Waals surface area contributed by atoms with Crippen molar-refractivity contribution < 1.29 is 9.18 Å². The van der Waals surface area contributed by atoms with Gasteiger partial charge in [0, 0.05) is 11.3 Å². The molecule has 0 aliphatic rings. The molecule has 20 heavy (non-hydrogen) atoms. The maximum Gasteiger partial charge on any atom is 0.256 e. The lowest BCUT2D eigenvalue weighted by atomic mass is 10.1. The van der Waals surface area contributed by atoms with Gasteiger partial charge >= 0.3 is 0 Å². The van der Waals surface area contributed by atoms with Crippen LogP contribution in [0.1, 0.15) is 21.5 Å². The second-order valence-electron chi connectivity index (χ2n) is 4.45. The highest BCUT2D eigenvalue weighted by atomic mass is 19.1. The number of benzene rings is 2. The van der Waals surface area contributed by atoms with Crippen LogP contribution in [0.3, 0.4) is 0 Å². The minimum Gasteiger partial charge on any atom is -0.322 e. The van der Waals surface area contributed by atoms with Crippen molar-refractivity contribution in [2.75, 3.05) is 5.32 Å². The van der Waals surface area contributed by atoms with Crippen molar-refractivity contribution in [3.05, 3.63) is 65.0 Å². The van der Waals surface area contributed by atoms with Crippen LogP contribution < -0.4 is 5.32 Å². The lowest BCUT2D eigenvalue weighted by Crippen LogP contribution is -2.13. The number of anilines is 1. The van der Waals surface area contributed by atoms with Gasteiger partial charge in [0.05, 0.1) is 12.5 Å². The molecule has 0 saturated heterocycles. The summed E-state index contributed by atoms with van der Waals surface area (Å²) in [5, 5.41) is 11.3. The molecule has 0 saturated carbocycles. The van der Waals surface area contributed by atoms with E-state index in [2.05, 4.69) is 11.4 Å². The maximum absolute atomic E-state index is 13.2. The van der Waals surface area contributed by atoms with Gasteiger partial charge in [-0.1, -0.05) is 18.2 Å². The highest BCUT2D eigenvalue weighted by molar-refractivity contribution is 6.05. The van der Waals surface area contributed by atoms with E-state index in [1.165, 1.54) is 12.1 Å². The summed E-state index contributed by atoms with van der Waals surface area (Å²) in [6.07, 6.45) is 0.331. The van der Waals surface area contributed by atoms with E-state index < -0.39 is 5.82 Å². The second-order valence-corrected chi connectivity index (χ2v) is 4.45. The summed E-state index contributed by atoms with van der Waals surface area (Å²) in [7, 11) is 0. The minimum atomic E-state index is -0.440. The highest BCUT2D eigenvalue weighted by Gasteiger charge is 2.10. The van der Waals surface area contributed by atoms with E-state index >= 15 is 0 Å². The summed E-state index contributed by atoms with van der Waals surface area (Å²) in [4.78, 5) is 12.1. The van der Waals surface area contributed by atoms with E-state index in [1.54, 1.807) is 37.3 Å². The summed E-state index contributed by atoms with van der Waals surface area (Å²) in [5.41, 5.74) is 2.52. The monoisotopic (exact) mass is 268 g/mol. The molecule has 0 aliphatic heterocycles. The van der Waals surface area contributed by atoms with E-state index in [0.29, 0.717) is 23.2 Å². The zero-order chi connectivity index (χ0) is 14.5. The molecule has 2 rings (SSSR count). The Labute approximate surface area is 116 Å². The fourth-order valence-electron chi connectivity index (χ4n) is 1.83. The van der Waals surface area contributed by atoms with Crippen LogP contribution in [0.4, 0.5) is 10.1 Å². The van der Waals surface area contributed by atoms with E-state index in [9.17, 15) is 9.18 Å². The number of nitriles is 1. The first-order valence-corrected chi connectivity index (χ1v) is 6.13. The normalized spacial score (nSPS) is 9.85. The Morgan fingerprint density at radius 2 is 1.95 bits per heavy atom. The van der Waals surface area contributed by atoms with E-state index in [0.717, 1.165) is 5.56 Å². The molecular formula is C16H13FN2O. The first-order valence-electron chi connectivity index (χ1n) is 6.13. The summed E-state index contributed by atoms with van der Waals surface area (Å²) < 4.78 is 13.2. The summed E-state index contributed by atoms with van der Waals surface area (Å²) in [6, 6.07) is 13.2. The number of rotatable bonds is 3. The fourth-order valence-corrected chi connectivity index (χ4v) is 1.83. The van der Waals surface area contributed by atoms with Crippen molar-refractivity contribution in [3.8, 4) is 6.07 Å². The Balaban J connectivity index is 2.15. The van der Waals surface area contributed by atoms with Crippen molar-refractivity contribution in [2.24, 2.45) is 0 Å². The molecule has 100 valence electrons. The third-order valence-corrected chi connectivity index (χ3v) is 2.94. The van der Waals surface area contributed by atoms with Crippen LogP contribution in [0.15, 0.2) is 42.5 Å². The number of hydrogen-bond donors (Lipinski definition) is 1. The number of carbonyl (C=O) groups excluding carboxylic acids is 1. The number of carbonyl (C=O) groups is 1. The Morgan fingerprint density at radius 3 is 2.60 bits per heavy atom. The predicted molar refractivity (Wildman–Crippen MR) is 74.8 cm³/mol. The molecule has 0 heterocycles. The van der Waals surface area contributed by atoms with Crippen molar-refractivity contribution in [1.29, 1.82) is 5.26 Å². The Hall–Kier alpha value is -2.67. The van der Waals surface area contributed by atoms with Crippen LogP contribution in [-0.4, -0.2) is 5.91 Å². The average molecular weight is 268 g/mol. The van der Waals surface area contributed by atoms with Gasteiger partial charge in [-0.05, 0) is 42.3 Å². The molecular weight excluding hydrogens is 255 g/mol. The third-order valence-electron chi connectivity index (χ3n) is 2.94. The molecule has 0 unspecified atom stereocenters.